The highest BCUT2D eigenvalue weighted by molar-refractivity contribution is 7.99. The SMILES string of the molecule is O=c1oc2c(c(O)c1Sc1cccc(Cl)c1)c(=O)oc1ccccc12. The lowest BCUT2D eigenvalue weighted by atomic mass is 10.2. The summed E-state index contributed by atoms with van der Waals surface area (Å²) >= 11 is 6.90. The van der Waals surface area contributed by atoms with Crippen LogP contribution in [0.4, 0.5) is 0 Å². The number of benzene rings is 2. The van der Waals surface area contributed by atoms with Crippen LogP contribution >= 0.6 is 23.4 Å². The van der Waals surface area contributed by atoms with Gasteiger partial charge in [0, 0.05) is 9.92 Å². The van der Waals surface area contributed by atoms with Crippen molar-refractivity contribution in [2.24, 2.45) is 0 Å². The Labute approximate surface area is 149 Å². The summed E-state index contributed by atoms with van der Waals surface area (Å²) in [6.45, 7) is 0. The van der Waals surface area contributed by atoms with E-state index in [9.17, 15) is 14.7 Å². The van der Waals surface area contributed by atoms with Crippen LogP contribution in [0.1, 0.15) is 0 Å². The summed E-state index contributed by atoms with van der Waals surface area (Å²) in [5.41, 5.74) is -1.24. The molecule has 2 heterocycles. The monoisotopic (exact) mass is 372 g/mol. The van der Waals surface area contributed by atoms with Gasteiger partial charge in [0.15, 0.2) is 11.3 Å². The van der Waals surface area contributed by atoms with Gasteiger partial charge in [-0.25, -0.2) is 9.59 Å². The number of halogens is 1. The number of para-hydroxylation sites is 1. The highest BCUT2D eigenvalue weighted by Crippen LogP contribution is 2.37. The maximum atomic E-state index is 12.4. The first-order valence-electron chi connectivity index (χ1n) is 7.19. The molecule has 0 saturated carbocycles. The van der Waals surface area contributed by atoms with Crippen molar-refractivity contribution >= 4 is 45.3 Å². The molecule has 0 aliphatic heterocycles. The zero-order valence-corrected chi connectivity index (χ0v) is 14.1. The van der Waals surface area contributed by atoms with E-state index in [0.717, 1.165) is 11.8 Å². The lowest BCUT2D eigenvalue weighted by Gasteiger charge is -2.07. The predicted octanol–water partition coefficient (Wildman–Crippen LogP) is 4.41. The van der Waals surface area contributed by atoms with Crippen molar-refractivity contribution in [1.29, 1.82) is 0 Å². The van der Waals surface area contributed by atoms with E-state index in [1.807, 2.05) is 0 Å². The molecule has 0 saturated heterocycles. The van der Waals surface area contributed by atoms with Gasteiger partial charge in [0.1, 0.15) is 15.9 Å². The molecule has 0 aliphatic rings. The van der Waals surface area contributed by atoms with E-state index >= 15 is 0 Å². The van der Waals surface area contributed by atoms with Gasteiger partial charge in [0.25, 0.3) is 0 Å². The number of fused-ring (bicyclic) bond motifs is 3. The van der Waals surface area contributed by atoms with Crippen LogP contribution in [0.3, 0.4) is 0 Å². The Morgan fingerprint density at radius 1 is 0.960 bits per heavy atom. The quantitative estimate of drug-likeness (QED) is 0.414. The molecule has 1 N–H and O–H groups in total. The highest BCUT2D eigenvalue weighted by Gasteiger charge is 2.21. The first kappa shape index (κ1) is 15.8. The van der Waals surface area contributed by atoms with Crippen LogP contribution in [-0.4, -0.2) is 5.11 Å². The maximum absolute atomic E-state index is 12.4. The summed E-state index contributed by atoms with van der Waals surface area (Å²) < 4.78 is 10.6. The largest absolute Gasteiger partial charge is 0.505 e. The summed E-state index contributed by atoms with van der Waals surface area (Å²) in [6, 6.07) is 13.4. The topological polar surface area (TPSA) is 80.6 Å². The molecule has 2 aromatic carbocycles. The second-order valence-corrected chi connectivity index (χ2v) is 6.74. The zero-order chi connectivity index (χ0) is 17.6. The highest BCUT2D eigenvalue weighted by atomic mass is 35.5. The number of rotatable bonds is 2. The summed E-state index contributed by atoms with van der Waals surface area (Å²) in [5, 5.41) is 11.3. The number of hydrogen-bond acceptors (Lipinski definition) is 6. The third kappa shape index (κ3) is 2.69. The molecule has 4 aromatic rings. The molecule has 2 aromatic heterocycles. The lowest BCUT2D eigenvalue weighted by molar-refractivity contribution is 0.443. The smallest absolute Gasteiger partial charge is 0.354 e. The lowest BCUT2D eigenvalue weighted by Crippen LogP contribution is -2.08. The van der Waals surface area contributed by atoms with Crippen molar-refractivity contribution in [3.8, 4) is 5.75 Å². The summed E-state index contributed by atoms with van der Waals surface area (Å²) in [4.78, 5) is 25.2. The molecule has 0 aliphatic carbocycles. The van der Waals surface area contributed by atoms with Crippen LogP contribution in [-0.2, 0) is 0 Å². The Bertz CT molecular complexity index is 1240. The van der Waals surface area contributed by atoms with Crippen LogP contribution in [0.25, 0.3) is 21.9 Å². The molecule has 124 valence electrons. The van der Waals surface area contributed by atoms with Crippen LogP contribution < -0.4 is 11.3 Å². The normalized spacial score (nSPS) is 11.2. The minimum atomic E-state index is -0.775. The van der Waals surface area contributed by atoms with Crippen molar-refractivity contribution in [2.75, 3.05) is 0 Å². The van der Waals surface area contributed by atoms with Gasteiger partial charge in [0.2, 0.25) is 0 Å². The van der Waals surface area contributed by atoms with Gasteiger partial charge in [-0.05, 0) is 30.3 Å². The fourth-order valence-electron chi connectivity index (χ4n) is 2.52. The third-order valence-electron chi connectivity index (χ3n) is 3.61. The van der Waals surface area contributed by atoms with Crippen molar-refractivity contribution in [1.82, 2.24) is 0 Å². The molecule has 0 bridgehead atoms. The van der Waals surface area contributed by atoms with Gasteiger partial charge in [-0.2, -0.15) is 0 Å². The van der Waals surface area contributed by atoms with E-state index in [1.165, 1.54) is 0 Å². The fourth-order valence-corrected chi connectivity index (χ4v) is 3.67. The third-order valence-corrected chi connectivity index (χ3v) is 4.90. The van der Waals surface area contributed by atoms with E-state index in [-0.39, 0.29) is 21.4 Å². The Kier molecular flexibility index (Phi) is 3.78. The Hall–Kier alpha value is -2.70. The van der Waals surface area contributed by atoms with Crippen molar-refractivity contribution in [3.05, 3.63) is 74.4 Å². The van der Waals surface area contributed by atoms with Crippen LogP contribution in [0.15, 0.2) is 76.7 Å². The van der Waals surface area contributed by atoms with Gasteiger partial charge in [-0.15, -0.1) is 0 Å². The second-order valence-electron chi connectivity index (χ2n) is 5.22. The van der Waals surface area contributed by atoms with E-state index in [4.69, 9.17) is 20.4 Å². The summed E-state index contributed by atoms with van der Waals surface area (Å²) in [5.74, 6) is -0.462. The molecule has 0 atom stereocenters. The first-order chi connectivity index (χ1) is 12.0. The molecule has 4 rings (SSSR count). The van der Waals surface area contributed by atoms with Gasteiger partial charge >= 0.3 is 11.3 Å². The minimum Gasteiger partial charge on any atom is -0.505 e. The average molecular weight is 373 g/mol. The van der Waals surface area contributed by atoms with Crippen molar-refractivity contribution < 1.29 is 13.9 Å². The van der Waals surface area contributed by atoms with Gasteiger partial charge < -0.3 is 13.9 Å². The molecule has 25 heavy (non-hydrogen) atoms. The molecule has 0 radical (unpaired) electrons. The van der Waals surface area contributed by atoms with Gasteiger partial charge in [-0.3, -0.25) is 0 Å². The summed E-state index contributed by atoms with van der Waals surface area (Å²) in [6.07, 6.45) is 0. The van der Waals surface area contributed by atoms with Crippen LogP contribution in [0.2, 0.25) is 5.02 Å². The standard InChI is InChI=1S/C18H9ClO5S/c19-9-4-3-5-10(8-9)25-16-14(20)13-15(24-18(16)22)11-6-1-2-7-12(11)23-17(13)21/h1-8,20H. The zero-order valence-electron chi connectivity index (χ0n) is 12.5. The molecule has 0 unspecified atom stereocenters. The number of hydrogen-bond donors (Lipinski definition) is 1. The molecular weight excluding hydrogens is 364 g/mol. The molecule has 0 fully saturated rings. The molecule has 5 nitrogen and oxygen atoms in total. The Morgan fingerprint density at radius 3 is 2.56 bits per heavy atom. The first-order valence-corrected chi connectivity index (χ1v) is 8.39. The number of aromatic hydroxyl groups is 1. The minimum absolute atomic E-state index is 0.00444. The predicted molar refractivity (Wildman–Crippen MR) is 95.8 cm³/mol. The van der Waals surface area contributed by atoms with Crippen LogP contribution in [0, 0.1) is 0 Å². The molecule has 0 spiro atoms. The van der Waals surface area contributed by atoms with E-state index in [2.05, 4.69) is 0 Å². The van der Waals surface area contributed by atoms with E-state index in [0.29, 0.717) is 15.3 Å². The Morgan fingerprint density at radius 2 is 1.76 bits per heavy atom. The van der Waals surface area contributed by atoms with Crippen LogP contribution in [0.5, 0.6) is 5.75 Å². The Balaban J connectivity index is 2.01. The summed E-state index contributed by atoms with van der Waals surface area (Å²) in [7, 11) is 0. The van der Waals surface area contributed by atoms with E-state index < -0.39 is 17.0 Å². The molecule has 7 heteroatoms. The van der Waals surface area contributed by atoms with Gasteiger partial charge in [0.05, 0.1) is 5.39 Å². The molecular formula is C18H9ClO5S. The second kappa shape index (κ2) is 5.98. The van der Waals surface area contributed by atoms with Crippen molar-refractivity contribution in [3.63, 3.8) is 0 Å². The average Bonchev–Trinajstić information content (AvgIpc) is 2.58. The molecule has 0 amide bonds. The fraction of sp³-hybridized carbons (Fsp3) is 0. The van der Waals surface area contributed by atoms with E-state index in [1.54, 1.807) is 48.5 Å². The van der Waals surface area contributed by atoms with Gasteiger partial charge in [-0.1, -0.05) is 41.6 Å². The maximum Gasteiger partial charge on any atom is 0.354 e. The van der Waals surface area contributed by atoms with Crippen molar-refractivity contribution in [2.45, 2.75) is 9.79 Å².